The van der Waals surface area contributed by atoms with E-state index in [9.17, 15) is 5.11 Å². The first-order chi connectivity index (χ1) is 44.8. The summed E-state index contributed by atoms with van der Waals surface area (Å²) in [5.74, 6) is 0. The Labute approximate surface area is 525 Å². The maximum Gasteiger partial charge on any atom is 0.164 e. The van der Waals surface area contributed by atoms with E-state index in [1.165, 1.54) is 11.1 Å². The maximum absolute atomic E-state index is 11.0. The summed E-state index contributed by atoms with van der Waals surface area (Å²) < 4.78 is 11.6. The molecule has 15 aromatic rings. The molecule has 3 N–H and O–H groups in total. The Morgan fingerprint density at radius 2 is 0.835 bits per heavy atom. The summed E-state index contributed by atoms with van der Waals surface area (Å²) in [7, 11) is 1.82. The molecule has 2 aliphatic heterocycles. The molecule has 6 aromatic carbocycles. The number of aliphatic hydroxyl groups is 1. The van der Waals surface area contributed by atoms with Crippen LogP contribution in [0, 0.1) is 6.92 Å². The summed E-state index contributed by atoms with van der Waals surface area (Å²) in [6.45, 7) is 5.72. The Bertz CT molecular complexity index is 5090. The number of rotatable bonds is 9. The number of nitrogens with zero attached hydrogens (tertiary/aromatic N) is 12. The van der Waals surface area contributed by atoms with E-state index in [0.717, 1.165) is 174 Å². The number of hydrogen-bond donors (Lipinski definition) is 3. The van der Waals surface area contributed by atoms with Crippen LogP contribution in [0.2, 0.25) is 0 Å². The maximum atomic E-state index is 11.0. The van der Waals surface area contributed by atoms with Crippen LogP contribution in [0.4, 0.5) is 0 Å². The number of para-hydroxylation sites is 3. The lowest BCUT2D eigenvalue weighted by Crippen LogP contribution is -2.41. The van der Waals surface area contributed by atoms with Crippen molar-refractivity contribution in [2.45, 2.75) is 43.8 Å². The van der Waals surface area contributed by atoms with Gasteiger partial charge in [0.15, 0.2) is 16.9 Å². The van der Waals surface area contributed by atoms with E-state index >= 15 is 0 Å². The zero-order valence-corrected chi connectivity index (χ0v) is 50.4. The molecule has 0 spiro atoms. The molecule has 2 aliphatic rings. The van der Waals surface area contributed by atoms with Gasteiger partial charge < -0.3 is 20.5 Å². The van der Waals surface area contributed by atoms with Crippen molar-refractivity contribution < 1.29 is 9.84 Å². The second kappa shape index (κ2) is 24.3. The van der Waals surface area contributed by atoms with Gasteiger partial charge in [-0.2, -0.15) is 10.2 Å². The molecule has 0 amide bonds. The Kier molecular flexibility index (Phi) is 15.2. The van der Waals surface area contributed by atoms with Crippen molar-refractivity contribution >= 4 is 49.7 Å². The fraction of sp³-hybridized carbons (Fsp3) is 0.160. The SMILES string of the molecule is COC1(c2ccc(-c3cnc4c(-c5ccnc6ccccc56)cnn4c3)cc2)CCNCC1.Cc1ccc(-c2cnc3c(-c4ccnc5ccccc45)ncn3c2)cc1.OC1(c2ccc(-c3cnc4c(-c5ccnc6ccccc56)cnn4c3)cc2)CCNCC1. The number of ether oxygens (including phenoxy) is 1. The van der Waals surface area contributed by atoms with Crippen LogP contribution in [0.15, 0.2) is 238 Å². The molecule has 0 aliphatic carbocycles. The Hall–Kier alpha value is -10.8. The van der Waals surface area contributed by atoms with Crippen molar-refractivity contribution in [3.63, 3.8) is 0 Å². The van der Waals surface area contributed by atoms with Gasteiger partial charge >= 0.3 is 0 Å². The largest absolute Gasteiger partial charge is 0.385 e. The number of aromatic nitrogens is 12. The molecule has 0 radical (unpaired) electrons. The van der Waals surface area contributed by atoms with Gasteiger partial charge in [0, 0.05) is 112 Å². The van der Waals surface area contributed by atoms with Gasteiger partial charge in [0.05, 0.1) is 40.1 Å². The number of piperidine rings is 2. The molecule has 91 heavy (non-hydrogen) atoms. The van der Waals surface area contributed by atoms with Crippen molar-refractivity contribution in [3.8, 4) is 66.9 Å². The third-order valence-corrected chi connectivity index (χ3v) is 18.0. The third-order valence-electron chi connectivity index (χ3n) is 18.0. The number of pyridine rings is 3. The van der Waals surface area contributed by atoms with Crippen LogP contribution in [0.3, 0.4) is 0 Å². The number of hydrogen-bond acceptors (Lipinski definition) is 13. The van der Waals surface area contributed by atoms with Crippen LogP contribution in [0.25, 0.3) is 117 Å². The van der Waals surface area contributed by atoms with Gasteiger partial charge in [-0.1, -0.05) is 133 Å². The third kappa shape index (κ3) is 11.0. The summed E-state index contributed by atoms with van der Waals surface area (Å²) >= 11 is 0. The monoisotopic (exact) mass is 1190 g/mol. The van der Waals surface area contributed by atoms with Crippen LogP contribution in [-0.4, -0.2) is 96.9 Å². The van der Waals surface area contributed by atoms with Gasteiger partial charge in [-0.25, -0.2) is 29.0 Å². The highest BCUT2D eigenvalue weighted by Gasteiger charge is 2.34. The number of methoxy groups -OCH3 is 1. The van der Waals surface area contributed by atoms with Gasteiger partial charge in [-0.05, 0) is 134 Å². The van der Waals surface area contributed by atoms with Gasteiger partial charge in [-0.15, -0.1) is 0 Å². The second-order valence-corrected chi connectivity index (χ2v) is 23.4. The van der Waals surface area contributed by atoms with E-state index in [0.29, 0.717) is 0 Å². The zero-order chi connectivity index (χ0) is 61.3. The number of fused-ring (bicyclic) bond motifs is 6. The quantitative estimate of drug-likeness (QED) is 0.124. The molecular weight excluding hydrogens is 1130 g/mol. The minimum Gasteiger partial charge on any atom is -0.385 e. The van der Waals surface area contributed by atoms with Crippen molar-refractivity contribution in [1.82, 2.24) is 69.2 Å². The molecule has 0 unspecified atom stereocenters. The average Bonchev–Trinajstić information content (AvgIpc) is 1.87. The molecule has 0 saturated carbocycles. The summed E-state index contributed by atoms with van der Waals surface area (Å²) in [6.07, 6.45) is 26.3. The highest BCUT2D eigenvalue weighted by atomic mass is 16.5. The lowest BCUT2D eigenvalue weighted by molar-refractivity contribution is -0.0391. The van der Waals surface area contributed by atoms with Crippen molar-refractivity contribution in [3.05, 3.63) is 255 Å². The van der Waals surface area contributed by atoms with Crippen LogP contribution in [0.1, 0.15) is 42.4 Å². The Morgan fingerprint density at radius 1 is 0.407 bits per heavy atom. The van der Waals surface area contributed by atoms with E-state index in [1.807, 2.05) is 174 Å². The van der Waals surface area contributed by atoms with Gasteiger partial charge in [0.2, 0.25) is 0 Å². The minimum absolute atomic E-state index is 0.198. The van der Waals surface area contributed by atoms with Crippen LogP contribution in [-0.2, 0) is 15.9 Å². The summed E-state index contributed by atoms with van der Waals surface area (Å²) in [5.41, 5.74) is 20.3. The molecule has 2 fully saturated rings. The normalized spacial score (nSPS) is 14.5. The Balaban J connectivity index is 0.000000114. The first-order valence-corrected chi connectivity index (χ1v) is 30.8. The smallest absolute Gasteiger partial charge is 0.164 e. The van der Waals surface area contributed by atoms with Gasteiger partial charge in [0.25, 0.3) is 0 Å². The number of imidazole rings is 1. The molecule has 16 heteroatoms. The van der Waals surface area contributed by atoms with Crippen molar-refractivity contribution in [1.29, 1.82) is 0 Å². The highest BCUT2D eigenvalue weighted by Crippen LogP contribution is 2.38. The topological polar surface area (TPSA) is 183 Å². The van der Waals surface area contributed by atoms with Crippen LogP contribution < -0.4 is 10.6 Å². The minimum atomic E-state index is -0.740. The summed E-state index contributed by atoms with van der Waals surface area (Å²) in [4.78, 5) is 32.3. The van der Waals surface area contributed by atoms with Crippen molar-refractivity contribution in [2.75, 3.05) is 33.3 Å². The average molecular weight is 1190 g/mol. The summed E-state index contributed by atoms with van der Waals surface area (Å²) in [5, 5.41) is 30.1. The first kappa shape index (κ1) is 56.7. The molecule has 11 heterocycles. The molecule has 446 valence electrons. The fourth-order valence-electron chi connectivity index (χ4n) is 12.9. The standard InChI is InChI=1S/C27H25N5O.C26H23N5O.C22H16N4/c1-33-27(11-14-28-15-12-27)21-8-6-19(7-9-21)20-16-30-26-24(17-31-32(26)18-20)22-10-13-29-25-5-3-2-4-23(22)25;32-26(10-13-27-14-11-26)20-7-5-18(6-8-20)19-15-29-25-23(16-30-31(25)17-19)21-9-12-28-24-4-2-1-3-22(21)24;1-15-6-8-16(9-7-15)17-12-24-22-21(25-14-26(22)13-17)19-10-11-23-20-5-3-2-4-18(19)20/h2-10,13,16-18,28H,11-12,14-15H2,1H3;1-9,12,15-17,27,32H,10-11,13-14H2;2-14H,1H3. The molecule has 16 nitrogen and oxygen atoms in total. The molecule has 2 saturated heterocycles. The van der Waals surface area contributed by atoms with E-state index < -0.39 is 5.60 Å². The van der Waals surface area contributed by atoms with Gasteiger partial charge in [-0.3, -0.25) is 19.4 Å². The van der Waals surface area contributed by atoms with Crippen LogP contribution in [0.5, 0.6) is 0 Å². The van der Waals surface area contributed by atoms with E-state index in [-0.39, 0.29) is 5.60 Å². The fourth-order valence-corrected chi connectivity index (χ4v) is 12.9. The first-order valence-electron chi connectivity index (χ1n) is 30.8. The zero-order valence-electron chi connectivity index (χ0n) is 50.4. The second-order valence-electron chi connectivity index (χ2n) is 23.4. The number of benzene rings is 6. The van der Waals surface area contributed by atoms with E-state index in [4.69, 9.17) is 19.7 Å². The van der Waals surface area contributed by atoms with E-state index in [1.54, 1.807) is 0 Å². The molecule has 0 atom stereocenters. The highest BCUT2D eigenvalue weighted by molar-refractivity contribution is 5.99. The van der Waals surface area contributed by atoms with Gasteiger partial charge in [0.1, 0.15) is 12.0 Å². The predicted molar refractivity (Wildman–Crippen MR) is 359 cm³/mol. The number of nitrogens with one attached hydrogen (secondary N) is 2. The lowest BCUT2D eigenvalue weighted by Gasteiger charge is -2.37. The molecular formula is C75H64N14O2. The molecule has 0 bridgehead atoms. The number of aryl methyl sites for hydroxylation is 1. The van der Waals surface area contributed by atoms with Crippen molar-refractivity contribution in [2.24, 2.45) is 0 Å². The molecule has 17 rings (SSSR count). The lowest BCUT2D eigenvalue weighted by atomic mass is 9.84. The summed E-state index contributed by atoms with van der Waals surface area (Å²) in [6, 6.07) is 55.7. The van der Waals surface area contributed by atoms with Crippen LogP contribution >= 0.6 is 0 Å². The predicted octanol–water partition coefficient (Wildman–Crippen LogP) is 13.9. The van der Waals surface area contributed by atoms with E-state index in [2.05, 4.69) is 133 Å². The Morgan fingerprint density at radius 3 is 1.34 bits per heavy atom. The molecule has 9 aromatic heterocycles.